The first kappa shape index (κ1) is 21.3. The fraction of sp³-hybridized carbons (Fsp3) is 0.381. The fourth-order valence-corrected chi connectivity index (χ4v) is 3.36. The highest BCUT2D eigenvalue weighted by molar-refractivity contribution is 14.0. The van der Waals surface area contributed by atoms with E-state index in [2.05, 4.69) is 34.6 Å². The first-order valence-electron chi connectivity index (χ1n) is 9.09. The topological polar surface area (TPSA) is 68.9 Å². The van der Waals surface area contributed by atoms with Crippen LogP contribution in [0.4, 0.5) is 5.69 Å². The molecule has 0 amide bonds. The number of aryl methyl sites for hydroxylation is 3. The zero-order valence-electron chi connectivity index (χ0n) is 16.0. The van der Waals surface area contributed by atoms with Crippen molar-refractivity contribution in [2.45, 2.75) is 32.1 Å². The molecular weight excluding hydrogens is 453 g/mol. The van der Waals surface area contributed by atoms with Crippen molar-refractivity contribution in [2.75, 3.05) is 26.1 Å². The lowest BCUT2D eigenvalue weighted by Crippen LogP contribution is -2.23. The van der Waals surface area contributed by atoms with Crippen LogP contribution in [0, 0.1) is 0 Å². The van der Waals surface area contributed by atoms with Crippen LogP contribution in [0.25, 0.3) is 0 Å². The van der Waals surface area contributed by atoms with Crippen LogP contribution in [0.5, 0.6) is 11.5 Å². The molecule has 0 fully saturated rings. The van der Waals surface area contributed by atoms with E-state index in [4.69, 9.17) is 15.2 Å². The van der Waals surface area contributed by atoms with Crippen LogP contribution in [0.1, 0.15) is 29.5 Å². The predicted molar refractivity (Wildman–Crippen MR) is 122 cm³/mol. The van der Waals surface area contributed by atoms with E-state index in [1.807, 2.05) is 12.1 Å². The van der Waals surface area contributed by atoms with E-state index >= 15 is 0 Å². The van der Waals surface area contributed by atoms with Crippen molar-refractivity contribution in [3.8, 4) is 11.5 Å². The number of hydrogen-bond acceptors (Lipinski definition) is 3. The van der Waals surface area contributed by atoms with Crippen LogP contribution in [0.15, 0.2) is 41.4 Å². The number of nitrogens with zero attached hydrogens (tertiary/aromatic N) is 1. The maximum Gasteiger partial charge on any atom is 0.193 e. The van der Waals surface area contributed by atoms with Gasteiger partial charge in [-0.2, -0.15) is 0 Å². The van der Waals surface area contributed by atoms with Gasteiger partial charge in [-0.05, 0) is 73.1 Å². The number of rotatable bonds is 7. The Morgan fingerprint density at radius 2 is 1.81 bits per heavy atom. The van der Waals surface area contributed by atoms with Crippen LogP contribution in [0.2, 0.25) is 0 Å². The van der Waals surface area contributed by atoms with Gasteiger partial charge in [0.25, 0.3) is 0 Å². The van der Waals surface area contributed by atoms with E-state index in [9.17, 15) is 0 Å². The molecule has 1 aliphatic rings. The lowest BCUT2D eigenvalue weighted by atomic mass is 10.1. The molecule has 6 heteroatoms. The second-order valence-electron chi connectivity index (χ2n) is 6.52. The van der Waals surface area contributed by atoms with Gasteiger partial charge in [0.1, 0.15) is 0 Å². The van der Waals surface area contributed by atoms with Gasteiger partial charge in [0.15, 0.2) is 17.5 Å². The molecule has 0 unspecified atom stereocenters. The monoisotopic (exact) mass is 481 g/mol. The number of nitrogens with two attached hydrogens (primary N) is 1. The molecule has 3 N–H and O–H groups in total. The Bertz CT molecular complexity index is 793. The van der Waals surface area contributed by atoms with Gasteiger partial charge in [-0.3, -0.25) is 4.99 Å². The molecule has 2 aromatic carbocycles. The fourth-order valence-electron chi connectivity index (χ4n) is 3.36. The highest BCUT2D eigenvalue weighted by Gasteiger charge is 2.10. The average molecular weight is 481 g/mol. The molecule has 0 saturated heterocycles. The Morgan fingerprint density at radius 1 is 1.04 bits per heavy atom. The van der Waals surface area contributed by atoms with Crippen molar-refractivity contribution >= 4 is 35.6 Å². The number of benzene rings is 2. The van der Waals surface area contributed by atoms with Crippen molar-refractivity contribution in [1.82, 2.24) is 0 Å². The lowest BCUT2D eigenvalue weighted by molar-refractivity contribution is 0.354. The number of methoxy groups -OCH3 is 2. The molecule has 0 aliphatic heterocycles. The van der Waals surface area contributed by atoms with Crippen molar-refractivity contribution < 1.29 is 9.47 Å². The van der Waals surface area contributed by atoms with Gasteiger partial charge >= 0.3 is 0 Å². The van der Waals surface area contributed by atoms with Crippen molar-refractivity contribution in [3.63, 3.8) is 0 Å². The van der Waals surface area contributed by atoms with Crippen LogP contribution in [0.3, 0.4) is 0 Å². The number of guanidine groups is 1. The van der Waals surface area contributed by atoms with Gasteiger partial charge in [0, 0.05) is 12.2 Å². The summed E-state index contributed by atoms with van der Waals surface area (Å²) in [6, 6.07) is 12.5. The van der Waals surface area contributed by atoms with Crippen molar-refractivity contribution in [2.24, 2.45) is 10.7 Å². The number of hydrogen-bond donors (Lipinski definition) is 2. The number of anilines is 1. The van der Waals surface area contributed by atoms with E-state index in [0.29, 0.717) is 12.5 Å². The number of halogens is 1. The predicted octanol–water partition coefficient (Wildman–Crippen LogP) is 4.17. The zero-order valence-corrected chi connectivity index (χ0v) is 18.3. The molecule has 0 radical (unpaired) electrons. The molecule has 27 heavy (non-hydrogen) atoms. The summed E-state index contributed by atoms with van der Waals surface area (Å²) in [5, 5.41) is 3.19. The van der Waals surface area contributed by atoms with Gasteiger partial charge in [0.05, 0.1) is 14.2 Å². The molecule has 146 valence electrons. The third kappa shape index (κ3) is 5.76. The number of nitrogens with one attached hydrogen (secondary N) is 1. The molecule has 1 aliphatic carbocycles. The molecule has 0 bridgehead atoms. The standard InChI is InChI=1S/C21H27N3O2.HI/c1-25-19-11-8-15(13-20(19)26-2)5-4-12-23-21(22)24-18-10-9-16-6-3-7-17(16)14-18;/h8-11,13-14H,3-7,12H2,1-2H3,(H3,22,23,24);1H. The molecular formula is C21H28IN3O2. The number of aliphatic imine (C=N–C) groups is 1. The number of fused-ring (bicyclic) bond motifs is 1. The second-order valence-corrected chi connectivity index (χ2v) is 6.52. The molecule has 0 spiro atoms. The summed E-state index contributed by atoms with van der Waals surface area (Å²) in [7, 11) is 3.29. The van der Waals surface area contributed by atoms with Gasteiger partial charge in [-0.1, -0.05) is 12.1 Å². The first-order valence-corrected chi connectivity index (χ1v) is 9.09. The van der Waals surface area contributed by atoms with Crippen molar-refractivity contribution in [3.05, 3.63) is 53.1 Å². The van der Waals surface area contributed by atoms with Gasteiger partial charge in [-0.15, -0.1) is 24.0 Å². The molecule has 0 heterocycles. The second kappa shape index (κ2) is 10.4. The molecule has 5 nitrogen and oxygen atoms in total. The van der Waals surface area contributed by atoms with Gasteiger partial charge in [-0.25, -0.2) is 0 Å². The Kier molecular flexibility index (Phi) is 8.22. The summed E-state index contributed by atoms with van der Waals surface area (Å²) < 4.78 is 10.6. The maximum absolute atomic E-state index is 6.02. The van der Waals surface area contributed by atoms with Crippen molar-refractivity contribution in [1.29, 1.82) is 0 Å². The summed E-state index contributed by atoms with van der Waals surface area (Å²) >= 11 is 0. The summed E-state index contributed by atoms with van der Waals surface area (Å²) in [6.45, 7) is 0.679. The van der Waals surface area contributed by atoms with E-state index in [0.717, 1.165) is 36.4 Å². The zero-order chi connectivity index (χ0) is 18.4. The Hall–Kier alpha value is -1.96. The van der Waals surface area contributed by atoms with E-state index in [1.165, 1.54) is 29.5 Å². The minimum absolute atomic E-state index is 0. The minimum atomic E-state index is 0. The highest BCUT2D eigenvalue weighted by atomic mass is 127. The first-order chi connectivity index (χ1) is 12.7. The lowest BCUT2D eigenvalue weighted by Gasteiger charge is -2.09. The summed E-state index contributed by atoms with van der Waals surface area (Å²) in [5.41, 5.74) is 11.1. The maximum atomic E-state index is 6.02. The van der Waals surface area contributed by atoms with Gasteiger partial charge < -0.3 is 20.5 Å². The van der Waals surface area contributed by atoms with E-state index in [-0.39, 0.29) is 24.0 Å². The van der Waals surface area contributed by atoms with Crippen LogP contribution in [-0.2, 0) is 19.3 Å². The quantitative estimate of drug-likeness (QED) is 0.270. The Morgan fingerprint density at radius 3 is 2.59 bits per heavy atom. The third-order valence-corrected chi connectivity index (χ3v) is 4.72. The Labute approximate surface area is 178 Å². The van der Waals surface area contributed by atoms with E-state index < -0.39 is 0 Å². The molecule has 0 saturated carbocycles. The third-order valence-electron chi connectivity index (χ3n) is 4.72. The molecule has 2 aromatic rings. The molecule has 0 aromatic heterocycles. The normalized spacial score (nSPS) is 12.9. The Balaban J connectivity index is 0.00000261. The van der Waals surface area contributed by atoms with E-state index in [1.54, 1.807) is 14.2 Å². The highest BCUT2D eigenvalue weighted by Crippen LogP contribution is 2.28. The molecule has 0 atom stereocenters. The molecule has 3 rings (SSSR count). The average Bonchev–Trinajstić information content (AvgIpc) is 3.12. The van der Waals surface area contributed by atoms with Crippen LogP contribution < -0.4 is 20.5 Å². The SMILES string of the molecule is COc1ccc(CCCN=C(N)Nc2ccc3c(c2)CCC3)cc1OC.I. The smallest absolute Gasteiger partial charge is 0.193 e. The summed E-state index contributed by atoms with van der Waals surface area (Å²) in [5.74, 6) is 1.97. The van der Waals surface area contributed by atoms with Crippen LogP contribution in [-0.4, -0.2) is 26.7 Å². The van der Waals surface area contributed by atoms with Crippen LogP contribution >= 0.6 is 24.0 Å². The van der Waals surface area contributed by atoms with Gasteiger partial charge in [0.2, 0.25) is 0 Å². The summed E-state index contributed by atoms with van der Waals surface area (Å²) in [4.78, 5) is 4.43. The minimum Gasteiger partial charge on any atom is -0.493 e. The largest absolute Gasteiger partial charge is 0.493 e. The summed E-state index contributed by atoms with van der Waals surface area (Å²) in [6.07, 6.45) is 5.43. The number of ether oxygens (including phenoxy) is 2.